The van der Waals surface area contributed by atoms with Crippen LogP contribution in [0.5, 0.6) is 0 Å². The van der Waals surface area contributed by atoms with Crippen LogP contribution in [0.2, 0.25) is 0 Å². The van der Waals surface area contributed by atoms with Gasteiger partial charge in [-0.25, -0.2) is 11.1 Å². The van der Waals surface area contributed by atoms with Crippen molar-refractivity contribution in [2.24, 2.45) is 0 Å². The van der Waals surface area contributed by atoms with E-state index in [4.69, 9.17) is 8.22 Å². The molecule has 0 spiro atoms. The zero-order valence-corrected chi connectivity index (χ0v) is 20.1. The first-order valence-corrected chi connectivity index (χ1v) is 10.1. The Labute approximate surface area is 219 Å². The van der Waals surface area contributed by atoms with E-state index < -0.39 is 13.7 Å². The van der Waals surface area contributed by atoms with E-state index in [1.807, 2.05) is 72.8 Å². The molecule has 0 N–H and O–H groups in total. The van der Waals surface area contributed by atoms with E-state index in [2.05, 4.69) is 23.2 Å². The van der Waals surface area contributed by atoms with Crippen molar-refractivity contribution in [3.8, 4) is 33.5 Å². The Balaban J connectivity index is 0.000000220. The van der Waals surface area contributed by atoms with Gasteiger partial charge in [-0.05, 0) is 23.7 Å². The summed E-state index contributed by atoms with van der Waals surface area (Å²) in [7, 11) is 0. The van der Waals surface area contributed by atoms with E-state index in [9.17, 15) is 0 Å². The quantitative estimate of drug-likeness (QED) is 0.191. The first-order valence-electron chi connectivity index (χ1n) is 13.1. The average Bonchev–Trinajstić information content (AvgIpc) is 2.94. The minimum Gasteiger partial charge on any atom is -0.304 e. The number of hydrogen-bond donors (Lipinski definition) is 0. The maximum atomic E-state index is 7.38. The standard InChI is InChI=1S/C18H14N.C13H10.Ir/c1-14-10-11-18(19-13-14)17-9-5-8-16(12-17)15-6-3-2-4-7-15;1-11-7-9-13(10-8-11)12-5-3-2-4-6-12;/h2-8,10-13H,1H3;2-5,7-9H,1H3;/q-1;-2;+3/i2*1D3;. The predicted octanol–water partition coefficient (Wildman–Crippen LogP) is 7.78. The molecule has 33 heavy (non-hydrogen) atoms. The van der Waals surface area contributed by atoms with Gasteiger partial charge in [0.2, 0.25) is 0 Å². The number of benzene rings is 4. The predicted molar refractivity (Wildman–Crippen MR) is 133 cm³/mol. The molecule has 0 amide bonds. The molecule has 0 radical (unpaired) electrons. The van der Waals surface area contributed by atoms with E-state index in [1.165, 1.54) is 12.3 Å². The minimum atomic E-state index is -2.12. The molecule has 2 heteroatoms. The average molecular weight is 609 g/mol. The molecule has 0 aliphatic rings. The Morgan fingerprint density at radius 2 is 1.39 bits per heavy atom. The first kappa shape index (κ1) is 17.2. The summed E-state index contributed by atoms with van der Waals surface area (Å²) in [6.07, 6.45) is 1.41. The van der Waals surface area contributed by atoms with Crippen molar-refractivity contribution >= 4 is 0 Å². The zero-order chi connectivity index (χ0) is 27.2. The van der Waals surface area contributed by atoms with Gasteiger partial charge in [-0.3, -0.25) is 0 Å². The Kier molecular flexibility index (Phi) is 6.29. The number of rotatable bonds is 3. The number of aromatic nitrogens is 1. The summed E-state index contributed by atoms with van der Waals surface area (Å²) in [5.74, 6) is 0. The van der Waals surface area contributed by atoms with Gasteiger partial charge in [-0.1, -0.05) is 49.3 Å². The SMILES string of the molecule is [2H]C([2H])([2H])c1c[c-]c(-c2[c-]cccc2)cc1.[2H]C([2H])([2H])c1ccc(-c2[c-]ccc(-c3ccccc3)c2)nc1.[Ir+3]. The number of nitrogens with zero attached hydrogens (tertiary/aromatic N) is 1. The maximum absolute atomic E-state index is 7.38. The molecule has 0 saturated heterocycles. The summed E-state index contributed by atoms with van der Waals surface area (Å²) in [5, 5.41) is 0. The van der Waals surface area contributed by atoms with Crippen LogP contribution in [0.4, 0.5) is 0 Å². The number of hydrogen-bond acceptors (Lipinski definition) is 1. The fraction of sp³-hybridized carbons (Fsp3) is 0.0645. The molecule has 0 unspecified atom stereocenters. The largest absolute Gasteiger partial charge is 3.00 e. The Hall–Kier alpha value is -3.32. The van der Waals surface area contributed by atoms with Crippen LogP contribution in [0.25, 0.3) is 33.5 Å². The molecule has 4 aromatic carbocycles. The molecular formula is C31H24IrN. The summed E-state index contributed by atoms with van der Waals surface area (Å²) >= 11 is 0. The van der Waals surface area contributed by atoms with E-state index in [0.29, 0.717) is 11.3 Å². The van der Waals surface area contributed by atoms with Crippen LogP contribution in [-0.2, 0) is 20.1 Å². The van der Waals surface area contributed by atoms with Gasteiger partial charge in [0.1, 0.15) is 0 Å². The minimum absolute atomic E-state index is 0. The van der Waals surface area contributed by atoms with Crippen LogP contribution < -0.4 is 0 Å². The van der Waals surface area contributed by atoms with Crippen LogP contribution >= 0.6 is 0 Å². The van der Waals surface area contributed by atoms with Crippen molar-refractivity contribution in [3.05, 3.63) is 139 Å². The van der Waals surface area contributed by atoms with Gasteiger partial charge in [0.25, 0.3) is 0 Å². The monoisotopic (exact) mass is 609 g/mol. The topological polar surface area (TPSA) is 12.9 Å². The van der Waals surface area contributed by atoms with Crippen molar-refractivity contribution in [2.75, 3.05) is 0 Å². The summed E-state index contributed by atoms with van der Waals surface area (Å²) in [4.78, 5) is 4.26. The van der Waals surface area contributed by atoms with Crippen LogP contribution in [0.15, 0.2) is 109 Å². The Morgan fingerprint density at radius 1 is 0.636 bits per heavy atom. The zero-order valence-electron chi connectivity index (χ0n) is 23.7. The van der Waals surface area contributed by atoms with Crippen LogP contribution in [0, 0.1) is 31.9 Å². The van der Waals surface area contributed by atoms with Crippen molar-refractivity contribution < 1.29 is 28.3 Å². The van der Waals surface area contributed by atoms with Gasteiger partial charge in [-0.2, -0.15) is 48.5 Å². The fourth-order valence-corrected chi connectivity index (χ4v) is 3.13. The second-order valence-corrected chi connectivity index (χ2v) is 7.06. The Bertz CT molecular complexity index is 1450. The van der Waals surface area contributed by atoms with E-state index >= 15 is 0 Å². The third-order valence-electron chi connectivity index (χ3n) is 4.76. The molecule has 0 bridgehead atoms. The molecule has 5 aromatic rings. The summed E-state index contributed by atoms with van der Waals surface area (Å²) < 4.78 is 43.9. The summed E-state index contributed by atoms with van der Waals surface area (Å²) in [5.41, 5.74) is 6.09. The third kappa shape index (κ3) is 6.83. The first-order chi connectivity index (χ1) is 18.1. The molecule has 0 aliphatic heterocycles. The van der Waals surface area contributed by atoms with Gasteiger partial charge in [0.15, 0.2) is 0 Å². The van der Waals surface area contributed by atoms with E-state index in [1.54, 1.807) is 24.3 Å². The Morgan fingerprint density at radius 3 is 2.06 bits per heavy atom. The smallest absolute Gasteiger partial charge is 0.304 e. The summed E-state index contributed by atoms with van der Waals surface area (Å²) in [6, 6.07) is 40.9. The molecular weight excluding hydrogens is 579 g/mol. The van der Waals surface area contributed by atoms with Crippen molar-refractivity contribution in [2.45, 2.75) is 13.7 Å². The van der Waals surface area contributed by atoms with Crippen molar-refractivity contribution in [3.63, 3.8) is 0 Å². The molecule has 0 saturated carbocycles. The van der Waals surface area contributed by atoms with E-state index in [0.717, 1.165) is 27.8 Å². The number of aryl methyl sites for hydroxylation is 2. The maximum Gasteiger partial charge on any atom is 3.00 e. The summed E-state index contributed by atoms with van der Waals surface area (Å²) in [6.45, 7) is -4.18. The van der Waals surface area contributed by atoms with Crippen LogP contribution in [-0.4, -0.2) is 4.98 Å². The van der Waals surface area contributed by atoms with Crippen molar-refractivity contribution in [1.29, 1.82) is 0 Å². The van der Waals surface area contributed by atoms with E-state index in [-0.39, 0.29) is 25.7 Å². The normalized spacial score (nSPS) is 13.3. The van der Waals surface area contributed by atoms with Crippen LogP contribution in [0.3, 0.4) is 0 Å². The van der Waals surface area contributed by atoms with Crippen molar-refractivity contribution in [1.82, 2.24) is 4.98 Å². The second kappa shape index (κ2) is 12.1. The molecule has 0 atom stereocenters. The van der Waals surface area contributed by atoms with Gasteiger partial charge < -0.3 is 4.98 Å². The molecule has 0 fully saturated rings. The molecule has 162 valence electrons. The molecule has 1 aromatic heterocycles. The van der Waals surface area contributed by atoms with Gasteiger partial charge in [0.05, 0.1) is 0 Å². The molecule has 5 rings (SSSR count). The van der Waals surface area contributed by atoms with Gasteiger partial charge in [0, 0.05) is 14.4 Å². The third-order valence-corrected chi connectivity index (χ3v) is 4.76. The van der Waals surface area contributed by atoms with Gasteiger partial charge >= 0.3 is 20.1 Å². The van der Waals surface area contributed by atoms with Crippen LogP contribution in [0.1, 0.15) is 19.4 Å². The van der Waals surface area contributed by atoms with Gasteiger partial charge in [-0.15, -0.1) is 47.0 Å². The fourth-order valence-electron chi connectivity index (χ4n) is 3.13. The second-order valence-electron chi connectivity index (χ2n) is 7.06. The molecule has 1 heterocycles. The number of pyridine rings is 1. The molecule has 0 aliphatic carbocycles. The molecule has 1 nitrogen and oxygen atoms in total.